The van der Waals surface area contributed by atoms with Crippen molar-refractivity contribution in [3.63, 3.8) is 0 Å². The Morgan fingerprint density at radius 2 is 1.88 bits per heavy atom. The van der Waals surface area contributed by atoms with Crippen LogP contribution in [0.25, 0.3) is 11.0 Å². The number of hydrogen-bond acceptors (Lipinski definition) is 6. The smallest absolute Gasteiger partial charge is 0.229 e. The van der Waals surface area contributed by atoms with E-state index in [4.69, 9.17) is 10.7 Å². The van der Waals surface area contributed by atoms with Crippen LogP contribution in [-0.2, 0) is 9.59 Å². The van der Waals surface area contributed by atoms with Crippen LogP contribution in [0.15, 0.2) is 30.5 Å². The van der Waals surface area contributed by atoms with Gasteiger partial charge >= 0.3 is 0 Å². The Labute approximate surface area is 188 Å². The molecular formula is C24H32N6O2. The normalized spacial score (nSPS) is 22.1. The van der Waals surface area contributed by atoms with Crippen LogP contribution in [0.3, 0.4) is 0 Å². The van der Waals surface area contributed by atoms with Crippen LogP contribution < -0.4 is 16.0 Å². The lowest BCUT2D eigenvalue weighted by Gasteiger charge is -2.47. The summed E-state index contributed by atoms with van der Waals surface area (Å²) < 4.78 is 0. The van der Waals surface area contributed by atoms with Gasteiger partial charge in [0.2, 0.25) is 11.8 Å². The van der Waals surface area contributed by atoms with Crippen LogP contribution in [0.2, 0.25) is 0 Å². The second-order valence-corrected chi connectivity index (χ2v) is 9.58. The molecule has 0 radical (unpaired) electrons. The second kappa shape index (κ2) is 8.65. The van der Waals surface area contributed by atoms with Crippen molar-refractivity contribution in [2.24, 2.45) is 17.1 Å². The van der Waals surface area contributed by atoms with Gasteiger partial charge < -0.3 is 20.9 Å². The second-order valence-electron chi connectivity index (χ2n) is 9.58. The van der Waals surface area contributed by atoms with E-state index < -0.39 is 6.17 Å². The van der Waals surface area contributed by atoms with Gasteiger partial charge in [-0.1, -0.05) is 18.6 Å². The number of fused-ring (bicyclic) bond motifs is 1. The van der Waals surface area contributed by atoms with Crippen LogP contribution in [-0.4, -0.2) is 59.0 Å². The van der Waals surface area contributed by atoms with Crippen LogP contribution in [0.4, 0.5) is 5.82 Å². The van der Waals surface area contributed by atoms with E-state index in [2.05, 4.69) is 15.2 Å². The molecule has 0 bridgehead atoms. The van der Waals surface area contributed by atoms with E-state index in [-0.39, 0.29) is 23.1 Å². The molecule has 5 rings (SSSR count). The summed E-state index contributed by atoms with van der Waals surface area (Å²) in [6.45, 7) is 2.68. The average molecular weight is 437 g/mol. The first kappa shape index (κ1) is 21.1. The van der Waals surface area contributed by atoms with Gasteiger partial charge in [-0.05, 0) is 50.7 Å². The minimum atomic E-state index is -0.504. The third-order valence-corrected chi connectivity index (χ3v) is 7.53. The van der Waals surface area contributed by atoms with Crippen molar-refractivity contribution in [3.05, 3.63) is 30.5 Å². The Morgan fingerprint density at radius 3 is 2.59 bits per heavy atom. The highest BCUT2D eigenvalue weighted by Crippen LogP contribution is 2.41. The molecule has 1 saturated carbocycles. The molecule has 3 N–H and O–H groups in total. The van der Waals surface area contributed by atoms with Crippen molar-refractivity contribution in [1.82, 2.24) is 20.2 Å². The van der Waals surface area contributed by atoms with Crippen molar-refractivity contribution < 1.29 is 9.59 Å². The number of amides is 2. The first-order chi connectivity index (χ1) is 15.5. The third-order valence-electron chi connectivity index (χ3n) is 7.53. The van der Waals surface area contributed by atoms with Gasteiger partial charge in [0.1, 0.15) is 5.82 Å². The zero-order valence-electron chi connectivity index (χ0n) is 18.5. The van der Waals surface area contributed by atoms with Gasteiger partial charge in [0, 0.05) is 25.6 Å². The maximum Gasteiger partial charge on any atom is 0.229 e. The summed E-state index contributed by atoms with van der Waals surface area (Å²) in [6.07, 6.45) is 7.84. The number of para-hydroxylation sites is 2. The van der Waals surface area contributed by atoms with Gasteiger partial charge in [-0.25, -0.2) is 4.98 Å². The maximum atomic E-state index is 13.5. The number of benzene rings is 1. The molecule has 32 heavy (non-hydrogen) atoms. The van der Waals surface area contributed by atoms with E-state index in [0.29, 0.717) is 13.1 Å². The number of nitrogens with one attached hydrogen (secondary N) is 1. The molecule has 8 heteroatoms. The molecule has 2 amide bonds. The molecule has 1 aliphatic carbocycles. The zero-order valence-corrected chi connectivity index (χ0v) is 18.5. The Bertz CT molecular complexity index is 999. The fraction of sp³-hybridized carbons (Fsp3) is 0.583. The Kier molecular flexibility index (Phi) is 5.71. The molecule has 1 spiro atoms. The van der Waals surface area contributed by atoms with E-state index in [0.717, 1.165) is 74.9 Å². The lowest BCUT2D eigenvalue weighted by molar-refractivity contribution is -0.148. The van der Waals surface area contributed by atoms with Crippen molar-refractivity contribution in [3.8, 4) is 0 Å². The predicted molar refractivity (Wildman–Crippen MR) is 123 cm³/mol. The zero-order chi connectivity index (χ0) is 22.1. The van der Waals surface area contributed by atoms with Gasteiger partial charge in [-0.3, -0.25) is 14.6 Å². The molecule has 3 fully saturated rings. The SMILES string of the molecule is NC(CN1CCCC2(CCN(c3cnc4ccccc4n3)CC2)C1=O)NC(=O)C1CCC1. The molecule has 8 nitrogen and oxygen atoms in total. The van der Waals surface area contributed by atoms with E-state index in [9.17, 15) is 9.59 Å². The fourth-order valence-corrected chi connectivity index (χ4v) is 5.31. The highest BCUT2D eigenvalue weighted by molar-refractivity contribution is 5.84. The van der Waals surface area contributed by atoms with Crippen molar-refractivity contribution in [2.75, 3.05) is 31.1 Å². The lowest BCUT2D eigenvalue weighted by Crippen LogP contribution is -2.58. The summed E-state index contributed by atoms with van der Waals surface area (Å²) in [7, 11) is 0. The monoisotopic (exact) mass is 436 g/mol. The summed E-state index contributed by atoms with van der Waals surface area (Å²) in [4.78, 5) is 39.1. The Hall–Kier alpha value is -2.74. The van der Waals surface area contributed by atoms with Gasteiger partial charge in [-0.2, -0.15) is 0 Å². The van der Waals surface area contributed by atoms with Crippen LogP contribution >= 0.6 is 0 Å². The third kappa shape index (κ3) is 4.03. The van der Waals surface area contributed by atoms with Crippen molar-refractivity contribution in [1.29, 1.82) is 0 Å². The molecular weight excluding hydrogens is 404 g/mol. The minimum Gasteiger partial charge on any atom is -0.355 e. The molecule has 3 heterocycles. The Morgan fingerprint density at radius 1 is 1.12 bits per heavy atom. The number of nitrogens with two attached hydrogens (primary N) is 1. The highest BCUT2D eigenvalue weighted by atomic mass is 16.2. The minimum absolute atomic E-state index is 0.0349. The summed E-state index contributed by atoms with van der Waals surface area (Å²) in [6, 6.07) is 7.88. The number of likely N-dealkylation sites (tertiary alicyclic amines) is 1. The highest BCUT2D eigenvalue weighted by Gasteiger charge is 2.46. The summed E-state index contributed by atoms with van der Waals surface area (Å²) >= 11 is 0. The molecule has 3 aliphatic rings. The number of anilines is 1. The summed E-state index contributed by atoms with van der Waals surface area (Å²) in [5, 5.41) is 2.91. The van der Waals surface area contributed by atoms with E-state index in [1.165, 1.54) is 0 Å². The van der Waals surface area contributed by atoms with Gasteiger partial charge in [0.25, 0.3) is 0 Å². The Balaban J connectivity index is 1.20. The first-order valence-electron chi connectivity index (χ1n) is 11.9. The molecule has 170 valence electrons. The van der Waals surface area contributed by atoms with Crippen molar-refractivity contribution in [2.45, 2.75) is 51.1 Å². The quantitative estimate of drug-likeness (QED) is 0.695. The maximum absolute atomic E-state index is 13.5. The molecule has 2 aliphatic heterocycles. The topological polar surface area (TPSA) is 104 Å². The number of aromatic nitrogens is 2. The summed E-state index contributed by atoms with van der Waals surface area (Å²) in [5.41, 5.74) is 7.66. The molecule has 2 saturated heterocycles. The van der Waals surface area contributed by atoms with Crippen molar-refractivity contribution >= 4 is 28.7 Å². The lowest BCUT2D eigenvalue weighted by atomic mass is 9.71. The summed E-state index contributed by atoms with van der Waals surface area (Å²) in [5.74, 6) is 1.21. The van der Waals surface area contributed by atoms with Gasteiger partial charge in [0.15, 0.2) is 0 Å². The first-order valence-corrected chi connectivity index (χ1v) is 11.9. The van der Waals surface area contributed by atoms with E-state index in [1.54, 1.807) is 0 Å². The van der Waals surface area contributed by atoms with Gasteiger partial charge in [0.05, 0.1) is 35.4 Å². The predicted octanol–water partition coefficient (Wildman–Crippen LogP) is 2.04. The number of carbonyl (C=O) groups is 2. The van der Waals surface area contributed by atoms with Gasteiger partial charge in [-0.15, -0.1) is 0 Å². The largest absolute Gasteiger partial charge is 0.355 e. The number of nitrogens with zero attached hydrogens (tertiary/aromatic N) is 4. The molecule has 1 aromatic carbocycles. The van der Waals surface area contributed by atoms with Crippen LogP contribution in [0, 0.1) is 11.3 Å². The number of rotatable bonds is 5. The van der Waals surface area contributed by atoms with E-state index in [1.807, 2.05) is 35.4 Å². The average Bonchev–Trinajstić information content (AvgIpc) is 2.76. The fourth-order valence-electron chi connectivity index (χ4n) is 5.31. The van der Waals surface area contributed by atoms with Crippen LogP contribution in [0.5, 0.6) is 0 Å². The van der Waals surface area contributed by atoms with E-state index >= 15 is 0 Å². The molecule has 1 unspecified atom stereocenters. The standard InChI is InChI=1S/C24H32N6O2/c25-20(28-22(31)17-5-3-6-17)16-30-12-4-9-24(23(30)32)10-13-29(14-11-24)21-15-26-18-7-1-2-8-19(18)27-21/h1-2,7-8,15,17,20H,3-6,9-14,16,25H2,(H,28,31). The molecule has 2 aromatic rings. The number of hydrogen-bond donors (Lipinski definition) is 2. The number of carbonyl (C=O) groups excluding carboxylic acids is 2. The molecule has 1 aromatic heterocycles. The number of piperidine rings is 2. The van der Waals surface area contributed by atoms with Crippen LogP contribution in [0.1, 0.15) is 44.9 Å². The molecule has 1 atom stereocenters.